The molecule has 1 rings (SSSR count). The van der Waals surface area contributed by atoms with Crippen LogP contribution < -0.4 is 0 Å². The van der Waals surface area contributed by atoms with Crippen LogP contribution in [0.5, 0.6) is 0 Å². The molecule has 0 radical (unpaired) electrons. The van der Waals surface area contributed by atoms with Gasteiger partial charge in [-0.15, -0.1) is 0 Å². The molecule has 0 aromatic heterocycles. The number of esters is 1. The van der Waals surface area contributed by atoms with Crippen LogP contribution in [0.25, 0.3) is 0 Å². The average Bonchev–Trinajstić information content (AvgIpc) is 2.36. The molecule has 0 aromatic rings. The highest BCUT2D eigenvalue weighted by atomic mass is 16.5. The zero-order chi connectivity index (χ0) is 13.5. The molecule has 1 aliphatic carbocycles. The van der Waals surface area contributed by atoms with Crippen LogP contribution in [0.4, 0.5) is 0 Å². The Bertz CT molecular complexity index is 283. The number of amides is 1. The lowest BCUT2D eigenvalue weighted by Crippen LogP contribution is -2.44. The summed E-state index contributed by atoms with van der Waals surface area (Å²) in [6.07, 6.45) is 5.41. The number of ether oxygens (including phenoxy) is 1. The van der Waals surface area contributed by atoms with Crippen LogP contribution in [0.3, 0.4) is 0 Å². The number of nitrogens with zero attached hydrogens (tertiary/aromatic N) is 1. The predicted octanol–water partition coefficient (Wildman–Crippen LogP) is 2.37. The molecule has 104 valence electrons. The Morgan fingerprint density at radius 3 is 2.33 bits per heavy atom. The molecule has 0 saturated heterocycles. The number of hydrogen-bond acceptors (Lipinski definition) is 3. The Morgan fingerprint density at radius 2 is 1.83 bits per heavy atom. The Hall–Kier alpha value is -1.06. The summed E-state index contributed by atoms with van der Waals surface area (Å²) in [7, 11) is 0. The van der Waals surface area contributed by atoms with E-state index in [1.807, 2.05) is 13.8 Å². The van der Waals surface area contributed by atoms with Crippen molar-refractivity contribution in [1.29, 1.82) is 0 Å². The Labute approximate surface area is 110 Å². The average molecular weight is 255 g/mol. The molecule has 0 heterocycles. The molecular weight excluding hydrogens is 230 g/mol. The molecule has 0 unspecified atom stereocenters. The van der Waals surface area contributed by atoms with Gasteiger partial charge in [0, 0.05) is 12.0 Å². The van der Waals surface area contributed by atoms with Crippen LogP contribution in [-0.4, -0.2) is 36.0 Å². The first-order chi connectivity index (χ1) is 8.56. The van der Waals surface area contributed by atoms with Gasteiger partial charge in [-0.1, -0.05) is 19.3 Å². The molecule has 0 aliphatic heterocycles. The zero-order valence-electron chi connectivity index (χ0n) is 11.8. The van der Waals surface area contributed by atoms with E-state index in [1.165, 1.54) is 6.42 Å². The molecule has 18 heavy (non-hydrogen) atoms. The van der Waals surface area contributed by atoms with Crippen molar-refractivity contribution in [3.63, 3.8) is 0 Å². The van der Waals surface area contributed by atoms with Gasteiger partial charge in [-0.25, -0.2) is 0 Å². The molecule has 1 amide bonds. The largest absolute Gasteiger partial charge is 0.465 e. The number of carbonyl (C=O) groups is 2. The minimum Gasteiger partial charge on any atom is -0.465 e. The van der Waals surface area contributed by atoms with Crippen molar-refractivity contribution >= 4 is 11.9 Å². The first kappa shape index (κ1) is 15.0. The van der Waals surface area contributed by atoms with E-state index >= 15 is 0 Å². The summed E-state index contributed by atoms with van der Waals surface area (Å²) in [6.45, 7) is 6.11. The van der Waals surface area contributed by atoms with E-state index in [0.29, 0.717) is 6.61 Å². The normalized spacial score (nSPS) is 16.7. The summed E-state index contributed by atoms with van der Waals surface area (Å²) < 4.78 is 4.93. The first-order valence-electron chi connectivity index (χ1n) is 7.02. The molecule has 4 heteroatoms. The van der Waals surface area contributed by atoms with E-state index in [0.717, 1.165) is 25.7 Å². The van der Waals surface area contributed by atoms with Crippen LogP contribution in [0, 0.1) is 5.92 Å². The highest BCUT2D eigenvalue weighted by Gasteiger charge is 2.28. The molecular formula is C14H25NO3. The van der Waals surface area contributed by atoms with Crippen molar-refractivity contribution in [3.8, 4) is 0 Å². The maximum atomic E-state index is 12.4. The SMILES string of the molecule is CCOC(=O)CN(C(=O)C1CCCCC1)C(C)C. The summed E-state index contributed by atoms with van der Waals surface area (Å²) in [5.74, 6) is -0.0799. The fourth-order valence-electron chi connectivity index (χ4n) is 2.44. The topological polar surface area (TPSA) is 46.6 Å². The second-order valence-corrected chi connectivity index (χ2v) is 5.20. The molecule has 0 bridgehead atoms. The fraction of sp³-hybridized carbons (Fsp3) is 0.857. The van der Waals surface area contributed by atoms with Gasteiger partial charge in [-0.2, -0.15) is 0 Å². The van der Waals surface area contributed by atoms with Crippen molar-refractivity contribution in [1.82, 2.24) is 4.90 Å². The minimum absolute atomic E-state index is 0.0452. The van der Waals surface area contributed by atoms with Crippen molar-refractivity contribution < 1.29 is 14.3 Å². The van der Waals surface area contributed by atoms with Crippen LogP contribution in [0.1, 0.15) is 52.9 Å². The predicted molar refractivity (Wildman–Crippen MR) is 70.1 cm³/mol. The number of hydrogen-bond donors (Lipinski definition) is 0. The highest BCUT2D eigenvalue weighted by molar-refractivity contribution is 5.84. The molecule has 4 nitrogen and oxygen atoms in total. The van der Waals surface area contributed by atoms with Crippen LogP contribution in [0.15, 0.2) is 0 Å². The van der Waals surface area contributed by atoms with Crippen LogP contribution in [0.2, 0.25) is 0 Å². The monoisotopic (exact) mass is 255 g/mol. The maximum Gasteiger partial charge on any atom is 0.325 e. The Balaban J connectivity index is 2.59. The fourth-order valence-corrected chi connectivity index (χ4v) is 2.44. The number of carbonyl (C=O) groups excluding carboxylic acids is 2. The van der Waals surface area contributed by atoms with Crippen LogP contribution in [-0.2, 0) is 14.3 Å². The van der Waals surface area contributed by atoms with E-state index in [9.17, 15) is 9.59 Å². The van der Waals surface area contributed by atoms with Crippen molar-refractivity contribution in [2.45, 2.75) is 58.9 Å². The third-order valence-electron chi connectivity index (χ3n) is 3.47. The van der Waals surface area contributed by atoms with Gasteiger partial charge in [0.25, 0.3) is 0 Å². The standard InChI is InChI=1S/C14H25NO3/c1-4-18-13(16)10-15(11(2)3)14(17)12-8-6-5-7-9-12/h11-12H,4-10H2,1-3H3. The van der Waals surface area contributed by atoms with Crippen molar-refractivity contribution in [2.24, 2.45) is 5.92 Å². The van der Waals surface area contributed by atoms with Gasteiger partial charge in [-0.3, -0.25) is 9.59 Å². The lowest BCUT2D eigenvalue weighted by atomic mass is 9.88. The molecule has 0 N–H and O–H groups in total. The summed E-state index contributed by atoms with van der Waals surface area (Å²) in [5.41, 5.74) is 0. The van der Waals surface area contributed by atoms with Crippen molar-refractivity contribution in [2.75, 3.05) is 13.2 Å². The summed E-state index contributed by atoms with van der Waals surface area (Å²) in [6, 6.07) is 0.0452. The Morgan fingerprint density at radius 1 is 1.22 bits per heavy atom. The minimum atomic E-state index is -0.310. The lowest BCUT2D eigenvalue weighted by Gasteiger charge is -2.31. The van der Waals surface area contributed by atoms with E-state index < -0.39 is 0 Å². The molecule has 0 atom stereocenters. The van der Waals surface area contributed by atoms with Gasteiger partial charge in [0.05, 0.1) is 6.61 Å². The van der Waals surface area contributed by atoms with E-state index in [-0.39, 0.29) is 30.4 Å². The number of rotatable bonds is 5. The molecule has 0 spiro atoms. The first-order valence-corrected chi connectivity index (χ1v) is 7.02. The van der Waals surface area contributed by atoms with E-state index in [1.54, 1.807) is 11.8 Å². The van der Waals surface area contributed by atoms with Gasteiger partial charge in [0.15, 0.2) is 0 Å². The highest BCUT2D eigenvalue weighted by Crippen LogP contribution is 2.26. The van der Waals surface area contributed by atoms with Gasteiger partial charge in [0.2, 0.25) is 5.91 Å². The molecule has 1 saturated carbocycles. The molecule has 0 aromatic carbocycles. The van der Waals surface area contributed by atoms with Gasteiger partial charge in [0.1, 0.15) is 6.54 Å². The maximum absolute atomic E-state index is 12.4. The van der Waals surface area contributed by atoms with Gasteiger partial charge in [-0.05, 0) is 33.6 Å². The third-order valence-corrected chi connectivity index (χ3v) is 3.47. The molecule has 1 fully saturated rings. The third kappa shape index (κ3) is 4.31. The van der Waals surface area contributed by atoms with Gasteiger partial charge < -0.3 is 9.64 Å². The zero-order valence-corrected chi connectivity index (χ0v) is 11.8. The van der Waals surface area contributed by atoms with Crippen molar-refractivity contribution in [3.05, 3.63) is 0 Å². The second kappa shape index (κ2) is 7.39. The smallest absolute Gasteiger partial charge is 0.325 e. The summed E-state index contributed by atoms with van der Waals surface area (Å²) >= 11 is 0. The summed E-state index contributed by atoms with van der Waals surface area (Å²) in [4.78, 5) is 25.6. The van der Waals surface area contributed by atoms with Gasteiger partial charge >= 0.3 is 5.97 Å². The molecule has 1 aliphatic rings. The van der Waals surface area contributed by atoms with E-state index in [4.69, 9.17) is 4.74 Å². The second-order valence-electron chi connectivity index (χ2n) is 5.20. The lowest BCUT2D eigenvalue weighted by molar-refractivity contribution is -0.152. The van der Waals surface area contributed by atoms with Crippen LogP contribution >= 0.6 is 0 Å². The summed E-state index contributed by atoms with van der Waals surface area (Å²) in [5, 5.41) is 0. The quantitative estimate of drug-likeness (QED) is 0.708. The van der Waals surface area contributed by atoms with E-state index in [2.05, 4.69) is 0 Å². The Kier molecular flexibility index (Phi) is 6.16.